The van der Waals surface area contributed by atoms with E-state index in [1.807, 2.05) is 18.2 Å². The molecule has 0 aliphatic rings. The number of rotatable bonds is 8. The normalized spacial score (nSPS) is 10.6. The van der Waals surface area contributed by atoms with Gasteiger partial charge in [-0.15, -0.1) is 10.2 Å². The molecule has 1 aromatic heterocycles. The number of benzene rings is 1. The predicted molar refractivity (Wildman–Crippen MR) is 85.3 cm³/mol. The lowest BCUT2D eigenvalue weighted by molar-refractivity contribution is 0.397. The Morgan fingerprint density at radius 1 is 1.14 bits per heavy atom. The first-order chi connectivity index (χ1) is 10.3. The first-order valence-corrected chi connectivity index (χ1v) is 7.86. The first kappa shape index (κ1) is 15.7. The molecule has 2 rings (SSSR count). The SMILES string of the molecule is CCNCCCc1nnc(-c2c(OC)cccc2OC)s1. The van der Waals surface area contributed by atoms with Gasteiger partial charge in [0.05, 0.1) is 19.8 Å². The zero-order valence-corrected chi connectivity index (χ0v) is 13.5. The van der Waals surface area contributed by atoms with Crippen LogP contribution < -0.4 is 14.8 Å². The molecule has 114 valence electrons. The maximum atomic E-state index is 5.41. The van der Waals surface area contributed by atoms with Crippen molar-refractivity contribution in [3.05, 3.63) is 23.2 Å². The molecule has 5 nitrogen and oxygen atoms in total. The van der Waals surface area contributed by atoms with Gasteiger partial charge in [-0.3, -0.25) is 0 Å². The van der Waals surface area contributed by atoms with Gasteiger partial charge in [-0.2, -0.15) is 0 Å². The van der Waals surface area contributed by atoms with E-state index >= 15 is 0 Å². The van der Waals surface area contributed by atoms with Gasteiger partial charge in [0.2, 0.25) is 0 Å². The highest BCUT2D eigenvalue weighted by Gasteiger charge is 2.16. The Labute approximate surface area is 129 Å². The van der Waals surface area contributed by atoms with Gasteiger partial charge >= 0.3 is 0 Å². The second-order valence-electron chi connectivity index (χ2n) is 4.50. The molecule has 2 aromatic rings. The summed E-state index contributed by atoms with van der Waals surface area (Å²) in [6.45, 7) is 4.11. The zero-order valence-electron chi connectivity index (χ0n) is 12.7. The molecule has 21 heavy (non-hydrogen) atoms. The lowest BCUT2D eigenvalue weighted by Gasteiger charge is -2.09. The zero-order chi connectivity index (χ0) is 15.1. The van der Waals surface area contributed by atoms with E-state index in [0.29, 0.717) is 0 Å². The Kier molecular flexibility index (Phi) is 5.95. The molecule has 0 bridgehead atoms. The highest BCUT2D eigenvalue weighted by atomic mass is 32.1. The summed E-state index contributed by atoms with van der Waals surface area (Å²) in [4.78, 5) is 0. The van der Waals surface area contributed by atoms with E-state index in [-0.39, 0.29) is 0 Å². The molecule has 0 amide bonds. The number of aromatic nitrogens is 2. The fraction of sp³-hybridized carbons (Fsp3) is 0.467. The van der Waals surface area contributed by atoms with Gasteiger partial charge in [-0.05, 0) is 31.6 Å². The van der Waals surface area contributed by atoms with Crippen molar-refractivity contribution < 1.29 is 9.47 Å². The monoisotopic (exact) mass is 307 g/mol. The second-order valence-corrected chi connectivity index (χ2v) is 5.56. The summed E-state index contributed by atoms with van der Waals surface area (Å²) in [7, 11) is 3.30. The van der Waals surface area contributed by atoms with Gasteiger partial charge in [0.1, 0.15) is 16.5 Å². The fourth-order valence-electron chi connectivity index (χ4n) is 2.06. The minimum absolute atomic E-state index is 0.754. The van der Waals surface area contributed by atoms with Crippen molar-refractivity contribution in [1.29, 1.82) is 0 Å². The molecule has 0 saturated carbocycles. The molecule has 0 radical (unpaired) electrons. The highest BCUT2D eigenvalue weighted by Crippen LogP contribution is 2.39. The third-order valence-corrected chi connectivity index (χ3v) is 4.10. The largest absolute Gasteiger partial charge is 0.496 e. The maximum Gasteiger partial charge on any atom is 0.155 e. The summed E-state index contributed by atoms with van der Waals surface area (Å²) in [5.74, 6) is 1.51. The number of aryl methyl sites for hydroxylation is 1. The van der Waals surface area contributed by atoms with Crippen molar-refractivity contribution >= 4 is 11.3 Å². The number of nitrogens with one attached hydrogen (secondary N) is 1. The minimum atomic E-state index is 0.754. The van der Waals surface area contributed by atoms with E-state index in [1.165, 1.54) is 0 Å². The summed E-state index contributed by atoms with van der Waals surface area (Å²) in [6.07, 6.45) is 1.99. The first-order valence-electron chi connectivity index (χ1n) is 7.04. The summed E-state index contributed by atoms with van der Waals surface area (Å²) in [6, 6.07) is 5.72. The van der Waals surface area contributed by atoms with E-state index in [1.54, 1.807) is 25.6 Å². The third-order valence-electron chi connectivity index (χ3n) is 3.10. The Bertz CT molecular complexity index is 550. The summed E-state index contributed by atoms with van der Waals surface area (Å²) in [5.41, 5.74) is 0.873. The average Bonchev–Trinajstić information content (AvgIpc) is 2.99. The molecule has 6 heteroatoms. The molecular formula is C15H21N3O2S. The summed E-state index contributed by atoms with van der Waals surface area (Å²) in [5, 5.41) is 13.7. The van der Waals surface area contributed by atoms with Crippen LogP contribution in [0.1, 0.15) is 18.4 Å². The van der Waals surface area contributed by atoms with Crippen LogP contribution in [0.2, 0.25) is 0 Å². The predicted octanol–water partition coefficient (Wildman–Crippen LogP) is 2.76. The molecule has 0 fully saturated rings. The molecule has 1 heterocycles. The number of hydrogen-bond acceptors (Lipinski definition) is 6. The number of ether oxygens (including phenoxy) is 2. The van der Waals surface area contributed by atoms with Gasteiger partial charge in [-0.1, -0.05) is 24.3 Å². The Morgan fingerprint density at radius 2 is 1.86 bits per heavy atom. The third kappa shape index (κ3) is 3.92. The molecular weight excluding hydrogens is 286 g/mol. The topological polar surface area (TPSA) is 56.3 Å². The number of hydrogen-bond donors (Lipinski definition) is 1. The molecule has 0 atom stereocenters. The van der Waals surface area contributed by atoms with Crippen LogP contribution >= 0.6 is 11.3 Å². The number of methoxy groups -OCH3 is 2. The van der Waals surface area contributed by atoms with Gasteiger partial charge in [0.15, 0.2) is 5.01 Å². The quantitative estimate of drug-likeness (QED) is 0.760. The fourth-order valence-corrected chi connectivity index (χ4v) is 3.00. The van der Waals surface area contributed by atoms with E-state index in [2.05, 4.69) is 22.4 Å². The van der Waals surface area contributed by atoms with Crippen LogP contribution in [0.15, 0.2) is 18.2 Å². The van der Waals surface area contributed by atoms with Crippen LogP contribution in [0.25, 0.3) is 10.6 Å². The minimum Gasteiger partial charge on any atom is -0.496 e. The number of nitrogens with zero attached hydrogens (tertiary/aromatic N) is 2. The van der Waals surface area contributed by atoms with Crippen LogP contribution in [-0.4, -0.2) is 37.5 Å². The molecule has 1 N–H and O–H groups in total. The second kappa shape index (κ2) is 7.95. The van der Waals surface area contributed by atoms with Crippen LogP contribution in [-0.2, 0) is 6.42 Å². The van der Waals surface area contributed by atoms with E-state index in [9.17, 15) is 0 Å². The van der Waals surface area contributed by atoms with Gasteiger partial charge in [-0.25, -0.2) is 0 Å². The lowest BCUT2D eigenvalue weighted by Crippen LogP contribution is -2.14. The van der Waals surface area contributed by atoms with Gasteiger partial charge in [0.25, 0.3) is 0 Å². The Morgan fingerprint density at radius 3 is 2.48 bits per heavy atom. The molecule has 0 aliphatic heterocycles. The van der Waals surface area contributed by atoms with E-state index in [4.69, 9.17) is 9.47 Å². The van der Waals surface area contributed by atoms with Crippen molar-refractivity contribution in [3.8, 4) is 22.1 Å². The highest BCUT2D eigenvalue weighted by molar-refractivity contribution is 7.14. The molecule has 1 aromatic carbocycles. The standard InChI is InChI=1S/C15H21N3O2S/c1-4-16-10-6-9-13-17-18-15(21-13)14-11(19-2)7-5-8-12(14)20-3/h5,7-8,16H,4,6,9-10H2,1-3H3. The van der Waals surface area contributed by atoms with Gasteiger partial charge in [0, 0.05) is 6.42 Å². The van der Waals surface area contributed by atoms with Crippen LogP contribution in [0.3, 0.4) is 0 Å². The van der Waals surface area contributed by atoms with Crippen molar-refractivity contribution in [1.82, 2.24) is 15.5 Å². The average molecular weight is 307 g/mol. The van der Waals surface area contributed by atoms with E-state index < -0.39 is 0 Å². The van der Waals surface area contributed by atoms with Crippen LogP contribution in [0.5, 0.6) is 11.5 Å². The molecule has 0 unspecified atom stereocenters. The van der Waals surface area contributed by atoms with Crippen LogP contribution in [0, 0.1) is 0 Å². The maximum absolute atomic E-state index is 5.41. The van der Waals surface area contributed by atoms with Crippen molar-refractivity contribution in [2.24, 2.45) is 0 Å². The summed E-state index contributed by atoms with van der Waals surface area (Å²) < 4.78 is 10.8. The van der Waals surface area contributed by atoms with Crippen molar-refractivity contribution in [2.45, 2.75) is 19.8 Å². The molecule has 0 spiro atoms. The Hall–Kier alpha value is -1.66. The van der Waals surface area contributed by atoms with Crippen molar-refractivity contribution in [3.63, 3.8) is 0 Å². The van der Waals surface area contributed by atoms with Gasteiger partial charge < -0.3 is 14.8 Å². The molecule has 0 saturated heterocycles. The van der Waals surface area contributed by atoms with Crippen LogP contribution in [0.4, 0.5) is 0 Å². The molecule has 0 aliphatic carbocycles. The summed E-state index contributed by atoms with van der Waals surface area (Å²) >= 11 is 1.59. The van der Waals surface area contributed by atoms with Crippen molar-refractivity contribution in [2.75, 3.05) is 27.3 Å². The smallest absolute Gasteiger partial charge is 0.155 e. The lowest BCUT2D eigenvalue weighted by atomic mass is 10.2. The van der Waals surface area contributed by atoms with E-state index in [0.717, 1.165) is 53.0 Å². The Balaban J connectivity index is 2.17.